The maximum absolute atomic E-state index is 4.87. The van der Waals surface area contributed by atoms with Crippen molar-refractivity contribution < 1.29 is 0 Å². The Morgan fingerprint density at radius 2 is 1.70 bits per heavy atom. The van der Waals surface area contributed by atoms with Gasteiger partial charge in [0.25, 0.3) is 0 Å². The van der Waals surface area contributed by atoms with E-state index in [-0.39, 0.29) is 0 Å². The molecule has 2 saturated heterocycles. The Bertz CT molecular complexity index is 590. The van der Waals surface area contributed by atoms with E-state index in [1.54, 1.807) is 0 Å². The van der Waals surface area contributed by atoms with Crippen LogP contribution in [0.4, 0.5) is 11.8 Å². The number of hydrogen-bond acceptors (Lipinski definition) is 5. The van der Waals surface area contributed by atoms with Gasteiger partial charge in [0, 0.05) is 37.4 Å². The average Bonchev–Trinajstić information content (AvgIpc) is 2.99. The normalized spacial score (nSPS) is 27.1. The van der Waals surface area contributed by atoms with Gasteiger partial charge in [0.1, 0.15) is 5.82 Å². The van der Waals surface area contributed by atoms with E-state index in [9.17, 15) is 0 Å². The van der Waals surface area contributed by atoms with E-state index in [1.807, 2.05) is 6.20 Å². The Kier molecular flexibility index (Phi) is 6.16. The zero-order valence-electron chi connectivity index (χ0n) is 17.1. The molecule has 5 heteroatoms. The summed E-state index contributed by atoms with van der Waals surface area (Å²) >= 11 is 0. The molecule has 2 aliphatic heterocycles. The van der Waals surface area contributed by atoms with E-state index in [0.29, 0.717) is 11.6 Å². The van der Waals surface area contributed by atoms with Crippen LogP contribution in [0, 0.1) is 0 Å². The molecule has 27 heavy (non-hydrogen) atoms. The van der Waals surface area contributed by atoms with Gasteiger partial charge in [-0.3, -0.25) is 4.90 Å². The number of aromatic nitrogens is 2. The van der Waals surface area contributed by atoms with Crippen LogP contribution in [0.1, 0.15) is 77.6 Å². The van der Waals surface area contributed by atoms with Gasteiger partial charge in [0.05, 0.1) is 0 Å². The molecule has 3 aliphatic rings. The van der Waals surface area contributed by atoms with Crippen molar-refractivity contribution in [2.75, 3.05) is 36.4 Å². The van der Waals surface area contributed by atoms with Crippen LogP contribution in [-0.2, 0) is 0 Å². The second-order valence-electron chi connectivity index (χ2n) is 9.13. The number of anilines is 2. The first-order valence-corrected chi connectivity index (χ1v) is 11.3. The van der Waals surface area contributed by atoms with Crippen LogP contribution >= 0.6 is 0 Å². The fourth-order valence-electron chi connectivity index (χ4n) is 5.29. The molecule has 1 aromatic heterocycles. The summed E-state index contributed by atoms with van der Waals surface area (Å²) in [7, 11) is 0. The molecule has 150 valence electrons. The van der Waals surface area contributed by atoms with Gasteiger partial charge in [-0.15, -0.1) is 0 Å². The van der Waals surface area contributed by atoms with Crippen molar-refractivity contribution in [1.29, 1.82) is 0 Å². The number of piperidine rings is 1. The minimum absolute atomic E-state index is 0.410. The quantitative estimate of drug-likeness (QED) is 0.847. The Balaban J connectivity index is 1.39. The minimum atomic E-state index is 0.410. The molecule has 5 nitrogen and oxygen atoms in total. The van der Waals surface area contributed by atoms with E-state index in [1.165, 1.54) is 77.2 Å². The molecule has 0 spiro atoms. The predicted octanol–water partition coefficient (Wildman–Crippen LogP) is 4.46. The van der Waals surface area contributed by atoms with Crippen LogP contribution in [0.5, 0.6) is 0 Å². The lowest BCUT2D eigenvalue weighted by molar-refractivity contribution is 0.0442. The minimum Gasteiger partial charge on any atom is -0.356 e. The second kappa shape index (κ2) is 8.76. The van der Waals surface area contributed by atoms with Crippen LogP contribution in [0.25, 0.3) is 0 Å². The van der Waals surface area contributed by atoms with Gasteiger partial charge in [-0.2, -0.15) is 4.98 Å². The summed E-state index contributed by atoms with van der Waals surface area (Å²) in [6.45, 7) is 7.14. The highest BCUT2D eigenvalue weighted by Gasteiger charge is 2.36. The van der Waals surface area contributed by atoms with Gasteiger partial charge >= 0.3 is 0 Å². The maximum Gasteiger partial charge on any atom is 0.224 e. The van der Waals surface area contributed by atoms with Gasteiger partial charge in [0.15, 0.2) is 0 Å². The molecule has 1 saturated carbocycles. The average molecular weight is 372 g/mol. The third-order valence-electron chi connectivity index (χ3n) is 7.02. The topological polar surface area (TPSA) is 44.3 Å². The number of hydrogen-bond donors (Lipinski definition) is 1. The molecule has 0 unspecified atom stereocenters. The van der Waals surface area contributed by atoms with Crippen LogP contribution in [-0.4, -0.2) is 52.6 Å². The predicted molar refractivity (Wildman–Crippen MR) is 112 cm³/mol. The van der Waals surface area contributed by atoms with E-state index in [2.05, 4.69) is 33.1 Å². The van der Waals surface area contributed by atoms with Crippen molar-refractivity contribution in [3.63, 3.8) is 0 Å². The lowest BCUT2D eigenvalue weighted by Crippen LogP contribution is -2.54. The van der Waals surface area contributed by atoms with Crippen LogP contribution in [0.2, 0.25) is 0 Å². The number of nitrogens with zero attached hydrogens (tertiary/aromatic N) is 4. The molecule has 3 fully saturated rings. The first kappa shape index (κ1) is 19.0. The molecule has 3 heterocycles. The Morgan fingerprint density at radius 1 is 0.963 bits per heavy atom. The SMILES string of the molecule is CC1(N2CCC[C@H](Nc3nccc(N4CCCCCC4)n3)C2)CCCCC1. The van der Waals surface area contributed by atoms with Crippen molar-refractivity contribution in [3.05, 3.63) is 12.3 Å². The third-order valence-corrected chi connectivity index (χ3v) is 7.02. The summed E-state index contributed by atoms with van der Waals surface area (Å²) < 4.78 is 0. The molecule has 1 aliphatic carbocycles. The second-order valence-corrected chi connectivity index (χ2v) is 9.13. The van der Waals surface area contributed by atoms with Crippen molar-refractivity contribution in [3.8, 4) is 0 Å². The summed E-state index contributed by atoms with van der Waals surface area (Å²) in [5, 5.41) is 3.67. The summed E-state index contributed by atoms with van der Waals surface area (Å²) in [4.78, 5) is 14.6. The molecule has 0 aromatic carbocycles. The lowest BCUT2D eigenvalue weighted by Gasteiger charge is -2.47. The molecule has 4 rings (SSSR count). The zero-order valence-corrected chi connectivity index (χ0v) is 17.1. The molecule has 0 amide bonds. The Hall–Kier alpha value is -1.36. The van der Waals surface area contributed by atoms with Gasteiger partial charge in [0.2, 0.25) is 5.95 Å². The molecule has 1 aromatic rings. The number of nitrogens with one attached hydrogen (secondary N) is 1. The highest BCUT2D eigenvalue weighted by molar-refractivity contribution is 5.43. The Morgan fingerprint density at radius 3 is 2.48 bits per heavy atom. The van der Waals surface area contributed by atoms with E-state index in [0.717, 1.165) is 31.4 Å². The highest BCUT2D eigenvalue weighted by atomic mass is 15.3. The van der Waals surface area contributed by atoms with Crippen LogP contribution < -0.4 is 10.2 Å². The molecule has 0 radical (unpaired) electrons. The monoisotopic (exact) mass is 371 g/mol. The smallest absolute Gasteiger partial charge is 0.224 e. The van der Waals surface area contributed by atoms with Crippen molar-refractivity contribution in [2.24, 2.45) is 0 Å². The van der Waals surface area contributed by atoms with Gasteiger partial charge in [-0.25, -0.2) is 4.98 Å². The fraction of sp³-hybridized carbons (Fsp3) is 0.818. The van der Waals surface area contributed by atoms with Gasteiger partial charge in [-0.1, -0.05) is 32.1 Å². The molecule has 0 bridgehead atoms. The summed E-state index contributed by atoms with van der Waals surface area (Å²) in [5.74, 6) is 1.92. The van der Waals surface area contributed by atoms with Gasteiger partial charge < -0.3 is 10.2 Å². The molecule has 1 atom stereocenters. The number of likely N-dealkylation sites (tertiary alicyclic amines) is 1. The van der Waals surface area contributed by atoms with E-state index >= 15 is 0 Å². The van der Waals surface area contributed by atoms with E-state index < -0.39 is 0 Å². The maximum atomic E-state index is 4.87. The first-order chi connectivity index (χ1) is 13.2. The Labute approximate surface area is 164 Å². The van der Waals surface area contributed by atoms with Crippen molar-refractivity contribution in [2.45, 2.75) is 89.1 Å². The third kappa shape index (κ3) is 4.74. The summed E-state index contributed by atoms with van der Waals surface area (Å²) in [6.07, 6.45) is 16.6. The van der Waals surface area contributed by atoms with Crippen molar-refractivity contribution >= 4 is 11.8 Å². The van der Waals surface area contributed by atoms with Crippen molar-refractivity contribution in [1.82, 2.24) is 14.9 Å². The summed E-state index contributed by atoms with van der Waals surface area (Å²) in [5.41, 5.74) is 0.410. The van der Waals surface area contributed by atoms with E-state index in [4.69, 9.17) is 4.98 Å². The highest BCUT2D eigenvalue weighted by Crippen LogP contribution is 2.35. The first-order valence-electron chi connectivity index (χ1n) is 11.3. The van der Waals surface area contributed by atoms with Crippen LogP contribution in [0.15, 0.2) is 12.3 Å². The summed E-state index contributed by atoms with van der Waals surface area (Å²) in [6, 6.07) is 2.55. The van der Waals surface area contributed by atoms with Crippen LogP contribution in [0.3, 0.4) is 0 Å². The largest absolute Gasteiger partial charge is 0.356 e. The van der Waals surface area contributed by atoms with Gasteiger partial charge in [-0.05, 0) is 58.1 Å². The molecular weight excluding hydrogens is 334 g/mol. The zero-order chi connectivity index (χ0) is 18.5. The lowest BCUT2D eigenvalue weighted by atomic mass is 9.80. The number of rotatable bonds is 4. The standard InChI is InChI=1S/C22H37N5/c1-22(12-5-4-6-13-22)27-17-9-10-19(18-27)24-21-23-14-11-20(25-21)26-15-7-2-3-8-16-26/h11,14,19H,2-10,12-13,15-18H2,1H3,(H,23,24,25)/t19-/m0/s1. The molecule has 1 N–H and O–H groups in total. The molecular formula is C22H37N5. The fourth-order valence-corrected chi connectivity index (χ4v) is 5.29.